The van der Waals surface area contributed by atoms with E-state index in [0.29, 0.717) is 12.0 Å². The molecule has 1 aliphatic carbocycles. The van der Waals surface area contributed by atoms with Gasteiger partial charge in [0.15, 0.2) is 0 Å². The molecule has 2 nitrogen and oxygen atoms in total. The largest absolute Gasteiger partial charge is 0.379 e. The highest BCUT2D eigenvalue weighted by molar-refractivity contribution is 5.39. The Bertz CT molecular complexity index is 869. The van der Waals surface area contributed by atoms with Crippen LogP contribution >= 0.6 is 0 Å². The van der Waals surface area contributed by atoms with E-state index in [0.717, 1.165) is 17.7 Å². The minimum absolute atomic E-state index is 0.0938. The Morgan fingerprint density at radius 2 is 1.29 bits per heavy atom. The molecule has 2 bridgehead atoms. The standard InChI is InChI=1S/C26H27NO/c28-26(22-12-6-2-7-13-22,23-14-8-3-9-15-23)25-21-16-17-24(18-21)27(25)19-20-10-4-1-5-11-20/h1-15,21,24-25,28H,16-19H2/t21-,24+,25-/m0/s1. The van der Waals surface area contributed by atoms with E-state index in [-0.39, 0.29) is 6.04 Å². The van der Waals surface area contributed by atoms with Crippen molar-refractivity contribution in [2.75, 3.05) is 0 Å². The first-order valence-corrected chi connectivity index (χ1v) is 10.4. The van der Waals surface area contributed by atoms with Crippen molar-refractivity contribution in [1.29, 1.82) is 0 Å². The van der Waals surface area contributed by atoms with Gasteiger partial charge in [0.25, 0.3) is 0 Å². The normalized spacial score (nSPS) is 24.5. The Labute approximate surface area is 167 Å². The predicted octanol–water partition coefficient (Wildman–Crippen LogP) is 4.98. The molecule has 2 heteroatoms. The molecule has 1 aliphatic heterocycles. The minimum atomic E-state index is -1.00. The predicted molar refractivity (Wildman–Crippen MR) is 113 cm³/mol. The van der Waals surface area contributed by atoms with E-state index in [4.69, 9.17) is 0 Å². The molecular weight excluding hydrogens is 342 g/mol. The van der Waals surface area contributed by atoms with Gasteiger partial charge in [-0.2, -0.15) is 0 Å². The van der Waals surface area contributed by atoms with Crippen molar-refractivity contribution in [1.82, 2.24) is 4.90 Å². The minimum Gasteiger partial charge on any atom is -0.379 e. The topological polar surface area (TPSA) is 23.5 Å². The van der Waals surface area contributed by atoms with Gasteiger partial charge in [-0.1, -0.05) is 91.0 Å². The SMILES string of the molecule is OC(c1ccccc1)(c1ccccc1)[C@@H]1[C@H]2CC[C@H](C2)N1Cc1ccccc1. The molecule has 2 fully saturated rings. The number of aliphatic hydroxyl groups is 1. The zero-order valence-electron chi connectivity index (χ0n) is 16.1. The van der Waals surface area contributed by atoms with Crippen LogP contribution in [0.2, 0.25) is 0 Å². The first kappa shape index (κ1) is 17.7. The summed E-state index contributed by atoms with van der Waals surface area (Å²) in [5.41, 5.74) is 2.31. The number of hydrogen-bond acceptors (Lipinski definition) is 2. The van der Waals surface area contributed by atoms with Crippen LogP contribution in [0, 0.1) is 5.92 Å². The Morgan fingerprint density at radius 3 is 1.86 bits per heavy atom. The summed E-state index contributed by atoms with van der Waals surface area (Å²) in [6.07, 6.45) is 3.65. The third-order valence-corrected chi connectivity index (χ3v) is 6.78. The summed E-state index contributed by atoms with van der Waals surface area (Å²) in [5, 5.41) is 12.4. The quantitative estimate of drug-likeness (QED) is 0.686. The fourth-order valence-electron chi connectivity index (χ4n) is 5.57. The molecule has 5 rings (SSSR count). The summed E-state index contributed by atoms with van der Waals surface area (Å²) < 4.78 is 0. The molecule has 2 aliphatic rings. The summed E-state index contributed by atoms with van der Waals surface area (Å²) in [6, 6.07) is 31.9. The van der Waals surface area contributed by atoms with E-state index >= 15 is 0 Å². The smallest absolute Gasteiger partial charge is 0.130 e. The molecule has 3 atom stereocenters. The molecule has 1 saturated heterocycles. The van der Waals surface area contributed by atoms with Crippen molar-refractivity contribution in [3.05, 3.63) is 108 Å². The molecular formula is C26H27NO. The molecule has 1 N–H and O–H groups in total. The molecule has 0 aromatic heterocycles. The van der Waals surface area contributed by atoms with E-state index in [1.54, 1.807) is 0 Å². The number of piperidine rings is 1. The van der Waals surface area contributed by atoms with Crippen LogP contribution in [0.15, 0.2) is 91.0 Å². The van der Waals surface area contributed by atoms with Gasteiger partial charge in [0.1, 0.15) is 5.60 Å². The van der Waals surface area contributed by atoms with Crippen LogP contribution in [-0.2, 0) is 12.1 Å². The summed E-state index contributed by atoms with van der Waals surface area (Å²) in [4.78, 5) is 2.59. The van der Waals surface area contributed by atoms with Gasteiger partial charge < -0.3 is 5.11 Å². The van der Waals surface area contributed by atoms with Crippen LogP contribution in [-0.4, -0.2) is 22.1 Å². The van der Waals surface area contributed by atoms with Crippen LogP contribution in [0.4, 0.5) is 0 Å². The molecule has 142 valence electrons. The molecule has 3 aromatic carbocycles. The molecule has 3 aromatic rings. The number of fused-ring (bicyclic) bond motifs is 2. The summed E-state index contributed by atoms with van der Waals surface area (Å²) in [7, 11) is 0. The molecule has 0 spiro atoms. The highest BCUT2D eigenvalue weighted by Gasteiger charge is 2.55. The summed E-state index contributed by atoms with van der Waals surface area (Å²) in [6.45, 7) is 0.897. The van der Waals surface area contributed by atoms with Crippen LogP contribution < -0.4 is 0 Å². The number of rotatable bonds is 5. The van der Waals surface area contributed by atoms with Gasteiger partial charge in [-0.3, -0.25) is 4.90 Å². The maximum atomic E-state index is 12.4. The Kier molecular flexibility index (Phi) is 4.54. The van der Waals surface area contributed by atoms with Gasteiger partial charge in [-0.05, 0) is 41.9 Å². The van der Waals surface area contributed by atoms with Gasteiger partial charge in [0.05, 0.1) is 6.04 Å². The van der Waals surface area contributed by atoms with Crippen LogP contribution in [0.5, 0.6) is 0 Å². The lowest BCUT2D eigenvalue weighted by Crippen LogP contribution is -2.54. The van der Waals surface area contributed by atoms with Gasteiger partial charge in [-0.25, -0.2) is 0 Å². The number of benzene rings is 3. The molecule has 0 radical (unpaired) electrons. The van der Waals surface area contributed by atoms with E-state index in [1.807, 2.05) is 36.4 Å². The summed E-state index contributed by atoms with van der Waals surface area (Å²) in [5.74, 6) is 0.527. The monoisotopic (exact) mass is 369 g/mol. The van der Waals surface area contributed by atoms with Crippen molar-refractivity contribution >= 4 is 0 Å². The first-order chi connectivity index (χ1) is 13.8. The number of nitrogens with zero attached hydrogens (tertiary/aromatic N) is 1. The zero-order valence-corrected chi connectivity index (χ0v) is 16.1. The maximum Gasteiger partial charge on any atom is 0.130 e. The summed E-state index contributed by atoms with van der Waals surface area (Å²) >= 11 is 0. The fraction of sp³-hybridized carbons (Fsp3) is 0.308. The van der Waals surface area contributed by atoms with Crippen molar-refractivity contribution in [3.63, 3.8) is 0 Å². The van der Waals surface area contributed by atoms with Crippen LogP contribution in [0.1, 0.15) is 36.0 Å². The lowest BCUT2D eigenvalue weighted by molar-refractivity contribution is -0.0455. The number of likely N-dealkylation sites (tertiary alicyclic amines) is 1. The van der Waals surface area contributed by atoms with E-state index < -0.39 is 5.60 Å². The molecule has 0 unspecified atom stereocenters. The van der Waals surface area contributed by atoms with E-state index in [2.05, 4.69) is 59.5 Å². The van der Waals surface area contributed by atoms with Gasteiger partial charge in [0, 0.05) is 12.6 Å². The molecule has 0 amide bonds. The highest BCUT2D eigenvalue weighted by Crippen LogP contribution is 2.51. The average Bonchev–Trinajstić information content (AvgIpc) is 3.37. The maximum absolute atomic E-state index is 12.4. The van der Waals surface area contributed by atoms with Crippen molar-refractivity contribution < 1.29 is 5.11 Å². The number of hydrogen-bond donors (Lipinski definition) is 1. The molecule has 1 saturated carbocycles. The van der Waals surface area contributed by atoms with Crippen molar-refractivity contribution in [3.8, 4) is 0 Å². The Balaban J connectivity index is 1.61. The molecule has 1 heterocycles. The molecule has 28 heavy (non-hydrogen) atoms. The zero-order chi connectivity index (χ0) is 19.0. The average molecular weight is 370 g/mol. The third kappa shape index (κ3) is 2.88. The first-order valence-electron chi connectivity index (χ1n) is 10.4. The third-order valence-electron chi connectivity index (χ3n) is 6.78. The van der Waals surface area contributed by atoms with Crippen molar-refractivity contribution in [2.45, 2.75) is 43.5 Å². The lowest BCUT2D eigenvalue weighted by Gasteiger charge is -2.46. The van der Waals surface area contributed by atoms with Gasteiger partial charge >= 0.3 is 0 Å². The van der Waals surface area contributed by atoms with Crippen molar-refractivity contribution in [2.24, 2.45) is 5.92 Å². The van der Waals surface area contributed by atoms with Gasteiger partial charge in [0.2, 0.25) is 0 Å². The Morgan fingerprint density at radius 1 is 0.750 bits per heavy atom. The lowest BCUT2D eigenvalue weighted by atomic mass is 9.74. The second-order valence-electron chi connectivity index (χ2n) is 8.33. The highest BCUT2D eigenvalue weighted by atomic mass is 16.3. The van der Waals surface area contributed by atoms with Gasteiger partial charge in [-0.15, -0.1) is 0 Å². The second-order valence-corrected chi connectivity index (χ2v) is 8.33. The van der Waals surface area contributed by atoms with E-state index in [9.17, 15) is 5.11 Å². The Hall–Kier alpha value is -2.42. The second kappa shape index (κ2) is 7.20. The van der Waals surface area contributed by atoms with Crippen LogP contribution in [0.3, 0.4) is 0 Å². The fourth-order valence-corrected chi connectivity index (χ4v) is 5.57. The van der Waals surface area contributed by atoms with E-state index in [1.165, 1.54) is 24.8 Å². The van der Waals surface area contributed by atoms with Crippen LogP contribution in [0.25, 0.3) is 0 Å².